The molecule has 1 N–H and O–H groups in total. The van der Waals surface area contributed by atoms with Gasteiger partial charge >= 0.3 is 0 Å². The molecule has 0 fully saturated rings. The quantitative estimate of drug-likeness (QED) is 0.697. The van der Waals surface area contributed by atoms with Crippen molar-refractivity contribution in [2.24, 2.45) is 0 Å². The van der Waals surface area contributed by atoms with E-state index < -0.39 is 0 Å². The average Bonchev–Trinajstić information content (AvgIpc) is 3.27. The van der Waals surface area contributed by atoms with E-state index >= 15 is 0 Å². The lowest BCUT2D eigenvalue weighted by Crippen LogP contribution is -2.31. The zero-order valence-electron chi connectivity index (χ0n) is 12.5. The topological polar surface area (TPSA) is 38.3 Å². The van der Waals surface area contributed by atoms with E-state index in [4.69, 9.17) is 4.74 Å². The second kappa shape index (κ2) is 8.06. The van der Waals surface area contributed by atoms with Crippen LogP contribution in [0.25, 0.3) is 0 Å². The van der Waals surface area contributed by atoms with E-state index in [1.807, 2.05) is 59.3 Å². The summed E-state index contributed by atoms with van der Waals surface area (Å²) in [6.07, 6.45) is 0. The summed E-state index contributed by atoms with van der Waals surface area (Å²) in [5, 5.41) is 9.17. The smallest absolute Gasteiger partial charge is 0.246 e. The lowest BCUT2D eigenvalue weighted by atomic mass is 10.1. The molecule has 0 aliphatic heterocycles. The first kappa shape index (κ1) is 15.9. The highest BCUT2D eigenvalue weighted by Gasteiger charge is 2.18. The molecular weight excluding hydrogens is 326 g/mol. The Labute approximate surface area is 143 Å². The zero-order valence-corrected chi connectivity index (χ0v) is 14.1. The van der Waals surface area contributed by atoms with E-state index in [1.54, 1.807) is 22.7 Å². The van der Waals surface area contributed by atoms with Gasteiger partial charge < -0.3 is 10.1 Å². The van der Waals surface area contributed by atoms with Gasteiger partial charge in [0.1, 0.15) is 6.61 Å². The molecular formula is C18H17NO2S2. The summed E-state index contributed by atoms with van der Waals surface area (Å²) in [5.41, 5.74) is 2.17. The molecule has 3 rings (SSSR count). The van der Waals surface area contributed by atoms with Gasteiger partial charge in [-0.2, -0.15) is 11.3 Å². The Morgan fingerprint density at radius 2 is 1.96 bits per heavy atom. The number of ether oxygens (including phenoxy) is 1. The summed E-state index contributed by atoms with van der Waals surface area (Å²) in [7, 11) is 0. The van der Waals surface area contributed by atoms with Crippen molar-refractivity contribution in [1.29, 1.82) is 0 Å². The number of carbonyl (C=O) groups excluding carboxylic acids is 1. The molecule has 0 saturated carbocycles. The summed E-state index contributed by atoms with van der Waals surface area (Å²) in [5.74, 6) is -0.106. The molecule has 2 aromatic heterocycles. The normalized spacial score (nSPS) is 12.0. The van der Waals surface area contributed by atoms with Crippen molar-refractivity contribution in [3.63, 3.8) is 0 Å². The SMILES string of the molecule is O=C(COCc1ccccc1)N[C@@H](c1ccsc1)c1cccs1. The van der Waals surface area contributed by atoms with Gasteiger partial charge in [0, 0.05) is 4.88 Å². The molecule has 0 unspecified atom stereocenters. The van der Waals surface area contributed by atoms with Crippen LogP contribution in [-0.4, -0.2) is 12.5 Å². The Morgan fingerprint density at radius 3 is 2.65 bits per heavy atom. The van der Waals surface area contributed by atoms with Gasteiger partial charge in [0.05, 0.1) is 12.6 Å². The minimum atomic E-state index is -0.106. The Morgan fingerprint density at radius 1 is 1.09 bits per heavy atom. The summed E-state index contributed by atoms with van der Waals surface area (Å²) in [4.78, 5) is 13.3. The van der Waals surface area contributed by atoms with Crippen molar-refractivity contribution in [3.8, 4) is 0 Å². The number of amides is 1. The molecule has 0 spiro atoms. The lowest BCUT2D eigenvalue weighted by Gasteiger charge is -2.16. The predicted octanol–water partition coefficient (Wildman–Crippen LogP) is 4.23. The van der Waals surface area contributed by atoms with Crippen LogP contribution < -0.4 is 5.32 Å². The van der Waals surface area contributed by atoms with Gasteiger partial charge in [-0.05, 0) is 39.4 Å². The maximum atomic E-state index is 12.2. The van der Waals surface area contributed by atoms with E-state index in [0.29, 0.717) is 6.61 Å². The highest BCUT2D eigenvalue weighted by Crippen LogP contribution is 2.27. The third kappa shape index (κ3) is 4.51. The first-order valence-corrected chi connectivity index (χ1v) is 9.12. The molecule has 1 amide bonds. The average molecular weight is 343 g/mol. The van der Waals surface area contributed by atoms with Crippen LogP contribution in [0.15, 0.2) is 64.7 Å². The Hall–Kier alpha value is -1.95. The highest BCUT2D eigenvalue weighted by atomic mass is 32.1. The van der Waals surface area contributed by atoms with Gasteiger partial charge in [0.25, 0.3) is 0 Å². The maximum absolute atomic E-state index is 12.2. The highest BCUT2D eigenvalue weighted by molar-refractivity contribution is 7.10. The minimum absolute atomic E-state index is 0.0565. The molecule has 1 aromatic carbocycles. The monoisotopic (exact) mass is 343 g/mol. The maximum Gasteiger partial charge on any atom is 0.246 e. The van der Waals surface area contributed by atoms with Gasteiger partial charge in [-0.15, -0.1) is 11.3 Å². The first-order chi connectivity index (χ1) is 11.3. The summed E-state index contributed by atoms with van der Waals surface area (Å²) in [6, 6.07) is 15.8. The Balaban J connectivity index is 1.56. The molecule has 23 heavy (non-hydrogen) atoms. The first-order valence-electron chi connectivity index (χ1n) is 7.29. The fourth-order valence-electron chi connectivity index (χ4n) is 2.25. The number of rotatable bonds is 7. The van der Waals surface area contributed by atoms with Gasteiger partial charge in [-0.1, -0.05) is 36.4 Å². The number of hydrogen-bond acceptors (Lipinski definition) is 4. The second-order valence-corrected chi connectivity index (χ2v) is 6.81. The predicted molar refractivity (Wildman–Crippen MR) is 94.7 cm³/mol. The van der Waals surface area contributed by atoms with Crippen LogP contribution in [0, 0.1) is 0 Å². The van der Waals surface area contributed by atoms with Crippen molar-refractivity contribution >= 4 is 28.6 Å². The molecule has 5 heteroatoms. The molecule has 1 atom stereocenters. The zero-order chi connectivity index (χ0) is 15.9. The minimum Gasteiger partial charge on any atom is -0.367 e. The van der Waals surface area contributed by atoms with E-state index in [0.717, 1.165) is 16.0 Å². The van der Waals surface area contributed by atoms with Crippen LogP contribution in [0.2, 0.25) is 0 Å². The number of benzene rings is 1. The van der Waals surface area contributed by atoms with Crippen molar-refractivity contribution in [3.05, 3.63) is 80.7 Å². The molecule has 0 saturated heterocycles. The molecule has 0 aliphatic rings. The van der Waals surface area contributed by atoms with Gasteiger partial charge in [-0.3, -0.25) is 4.79 Å². The van der Waals surface area contributed by atoms with Crippen LogP contribution in [0.1, 0.15) is 22.0 Å². The van der Waals surface area contributed by atoms with Crippen LogP contribution in [0.4, 0.5) is 0 Å². The summed E-state index contributed by atoms with van der Waals surface area (Å²) >= 11 is 3.27. The molecule has 0 aliphatic carbocycles. The summed E-state index contributed by atoms with van der Waals surface area (Å²) < 4.78 is 5.51. The third-order valence-electron chi connectivity index (χ3n) is 3.35. The molecule has 0 bridgehead atoms. The van der Waals surface area contributed by atoms with E-state index in [9.17, 15) is 4.79 Å². The van der Waals surface area contributed by atoms with Crippen LogP contribution in [0.5, 0.6) is 0 Å². The van der Waals surface area contributed by atoms with Gasteiger partial charge in [0.15, 0.2) is 0 Å². The number of hydrogen-bond donors (Lipinski definition) is 1. The van der Waals surface area contributed by atoms with E-state index in [2.05, 4.69) is 10.7 Å². The molecule has 3 aromatic rings. The van der Waals surface area contributed by atoms with Crippen molar-refractivity contribution in [1.82, 2.24) is 5.32 Å². The van der Waals surface area contributed by atoms with Crippen molar-refractivity contribution < 1.29 is 9.53 Å². The molecule has 2 heterocycles. The molecule has 0 radical (unpaired) electrons. The summed E-state index contributed by atoms with van der Waals surface area (Å²) in [6.45, 7) is 0.497. The third-order valence-corrected chi connectivity index (χ3v) is 4.99. The largest absolute Gasteiger partial charge is 0.367 e. The fraction of sp³-hybridized carbons (Fsp3) is 0.167. The fourth-order valence-corrected chi connectivity index (χ4v) is 3.74. The standard InChI is InChI=1S/C18H17NO2S2/c20-17(12-21-11-14-5-2-1-3-6-14)19-18(15-8-10-22-13-15)16-7-4-9-23-16/h1-10,13,18H,11-12H2,(H,19,20)/t18-/m0/s1. The van der Waals surface area contributed by atoms with Crippen LogP contribution >= 0.6 is 22.7 Å². The van der Waals surface area contributed by atoms with Gasteiger partial charge in [0.2, 0.25) is 5.91 Å². The molecule has 118 valence electrons. The van der Waals surface area contributed by atoms with Crippen molar-refractivity contribution in [2.75, 3.05) is 6.61 Å². The number of carbonyl (C=O) groups is 1. The van der Waals surface area contributed by atoms with E-state index in [-0.39, 0.29) is 18.6 Å². The van der Waals surface area contributed by atoms with Crippen LogP contribution in [0.3, 0.4) is 0 Å². The van der Waals surface area contributed by atoms with Crippen LogP contribution in [-0.2, 0) is 16.1 Å². The van der Waals surface area contributed by atoms with Gasteiger partial charge in [-0.25, -0.2) is 0 Å². The Kier molecular flexibility index (Phi) is 5.58. The Bertz CT molecular complexity index is 675. The number of nitrogens with one attached hydrogen (secondary N) is 1. The number of thiophene rings is 2. The van der Waals surface area contributed by atoms with E-state index in [1.165, 1.54) is 0 Å². The van der Waals surface area contributed by atoms with Crippen molar-refractivity contribution in [2.45, 2.75) is 12.6 Å². The molecule has 3 nitrogen and oxygen atoms in total. The second-order valence-electron chi connectivity index (χ2n) is 5.05. The lowest BCUT2D eigenvalue weighted by molar-refractivity contribution is -0.126.